The number of phenolic OH excluding ortho intramolecular Hbond substituents is 1. The normalized spacial score (nSPS) is 13.2. The van der Waals surface area contributed by atoms with Crippen LogP contribution in [0.2, 0.25) is 0 Å². The quantitative estimate of drug-likeness (QED) is 0.0480. The highest BCUT2D eigenvalue weighted by molar-refractivity contribution is 5.94. The molecule has 0 saturated carbocycles. The number of guanidine groups is 2. The minimum absolute atomic E-state index is 0.00777. The van der Waals surface area contributed by atoms with E-state index in [0.717, 1.165) is 0 Å². The minimum atomic E-state index is -1.28. The van der Waals surface area contributed by atoms with Gasteiger partial charge in [0.05, 0.1) is 6.04 Å². The molecular formula is C30H44N10O6. The number of aromatic hydroxyl groups is 1. The van der Waals surface area contributed by atoms with Gasteiger partial charge in [0.25, 0.3) is 0 Å². The largest absolute Gasteiger partial charge is 0.508 e. The molecular weight excluding hydrogens is 596 g/mol. The van der Waals surface area contributed by atoms with Gasteiger partial charge in [-0.15, -0.1) is 0 Å². The molecule has 2 aromatic rings. The Kier molecular flexibility index (Phi) is 15.3. The van der Waals surface area contributed by atoms with Gasteiger partial charge in [-0.1, -0.05) is 42.5 Å². The lowest BCUT2D eigenvalue weighted by Crippen LogP contribution is -2.58. The van der Waals surface area contributed by atoms with Crippen LogP contribution in [0.1, 0.15) is 36.8 Å². The molecule has 0 bridgehead atoms. The zero-order chi connectivity index (χ0) is 34.1. The lowest BCUT2D eigenvalue weighted by Gasteiger charge is -2.25. The molecule has 2 aromatic carbocycles. The third kappa shape index (κ3) is 13.9. The zero-order valence-electron chi connectivity index (χ0n) is 25.4. The van der Waals surface area contributed by atoms with E-state index in [-0.39, 0.29) is 56.3 Å². The van der Waals surface area contributed by atoms with E-state index < -0.39 is 47.9 Å². The first-order chi connectivity index (χ1) is 21.8. The molecule has 3 amide bonds. The fourth-order valence-corrected chi connectivity index (χ4v) is 4.42. The first-order valence-corrected chi connectivity index (χ1v) is 14.7. The Morgan fingerprint density at radius 1 is 0.674 bits per heavy atom. The van der Waals surface area contributed by atoms with Gasteiger partial charge in [0.1, 0.15) is 23.9 Å². The standard InChI is InChI=1S/C30H44N10O6/c31-21(8-4-14-36-29(32)33)25(42)39-23(16-19-10-12-20(41)13-11-19)27(44)38-22(9-5-15-37-30(34)35)26(43)40-24(28(45)46)17-18-6-2-1-3-7-18/h1-3,6-7,10-13,21-24,41H,4-5,8-9,14-17,31H2,(H,38,44)(H,39,42)(H,40,43)(H,45,46)(H4,32,33,36)(H4,34,35,37)/t21-,22+,23-,24-/m0/s1. The van der Waals surface area contributed by atoms with Gasteiger partial charge >= 0.3 is 5.97 Å². The summed E-state index contributed by atoms with van der Waals surface area (Å²) in [6, 6.07) is 10.1. The molecule has 2 rings (SSSR count). The summed E-state index contributed by atoms with van der Waals surface area (Å²) < 4.78 is 0. The molecule has 0 aliphatic carbocycles. The predicted octanol–water partition coefficient (Wildman–Crippen LogP) is -1.43. The van der Waals surface area contributed by atoms with Crippen molar-refractivity contribution in [3.8, 4) is 5.75 Å². The Labute approximate surface area is 266 Å². The summed E-state index contributed by atoms with van der Waals surface area (Å²) in [7, 11) is 0. The van der Waals surface area contributed by atoms with E-state index in [2.05, 4.69) is 26.6 Å². The van der Waals surface area contributed by atoms with E-state index >= 15 is 0 Å². The summed E-state index contributed by atoms with van der Waals surface area (Å²) >= 11 is 0. The number of rotatable bonds is 19. The highest BCUT2D eigenvalue weighted by atomic mass is 16.4. The Balaban J connectivity index is 2.23. The second kappa shape index (κ2) is 19.1. The average molecular weight is 641 g/mol. The molecule has 0 saturated heterocycles. The van der Waals surface area contributed by atoms with Gasteiger partial charge in [-0.05, 0) is 48.9 Å². The van der Waals surface area contributed by atoms with Crippen LogP contribution in [0.15, 0.2) is 54.6 Å². The van der Waals surface area contributed by atoms with Crippen LogP contribution in [-0.4, -0.2) is 83.1 Å². The van der Waals surface area contributed by atoms with Gasteiger partial charge in [-0.25, -0.2) is 4.79 Å². The first kappa shape index (κ1) is 36.8. The smallest absolute Gasteiger partial charge is 0.326 e. The number of hydrogen-bond acceptors (Lipinski definition) is 8. The Morgan fingerprint density at radius 2 is 1.15 bits per heavy atom. The molecule has 46 heavy (non-hydrogen) atoms. The lowest BCUT2D eigenvalue weighted by atomic mass is 10.0. The monoisotopic (exact) mass is 640 g/mol. The van der Waals surface area contributed by atoms with E-state index in [9.17, 15) is 29.4 Å². The summed E-state index contributed by atoms with van der Waals surface area (Å²) in [6.07, 6.45) is 0.982. The zero-order valence-corrected chi connectivity index (χ0v) is 25.4. The molecule has 16 nitrogen and oxygen atoms in total. The lowest BCUT2D eigenvalue weighted by molar-refractivity contribution is -0.142. The van der Waals surface area contributed by atoms with Crippen LogP contribution < -0.4 is 43.8 Å². The summed E-state index contributed by atoms with van der Waals surface area (Å²) in [6.45, 7) is 0.535. The molecule has 0 fully saturated rings. The maximum atomic E-state index is 13.6. The Hall–Kier alpha value is -5.38. The number of amides is 3. The van der Waals surface area contributed by atoms with Crippen LogP contribution in [0.25, 0.3) is 0 Å². The average Bonchev–Trinajstić information content (AvgIpc) is 3.01. The molecule has 16 heteroatoms. The highest BCUT2D eigenvalue weighted by Crippen LogP contribution is 2.13. The molecule has 0 heterocycles. The molecule has 0 aliphatic rings. The van der Waals surface area contributed by atoms with Crippen molar-refractivity contribution in [3.63, 3.8) is 0 Å². The van der Waals surface area contributed by atoms with Crippen molar-refractivity contribution in [3.05, 3.63) is 65.7 Å². The summed E-state index contributed by atoms with van der Waals surface area (Å²) in [5.74, 6) is -3.83. The van der Waals surface area contributed by atoms with Crippen LogP contribution in [-0.2, 0) is 32.0 Å². The fraction of sp³-hybridized carbons (Fsp3) is 0.400. The van der Waals surface area contributed by atoms with Crippen LogP contribution in [0.5, 0.6) is 5.75 Å². The third-order valence-corrected chi connectivity index (χ3v) is 6.87. The molecule has 4 atom stereocenters. The summed E-state index contributed by atoms with van der Waals surface area (Å²) in [5.41, 5.74) is 17.9. The molecule has 0 unspecified atom stereocenters. The summed E-state index contributed by atoms with van der Waals surface area (Å²) in [4.78, 5) is 52.1. The van der Waals surface area contributed by atoms with Crippen molar-refractivity contribution < 1.29 is 29.4 Å². The van der Waals surface area contributed by atoms with E-state index in [1.807, 2.05) is 0 Å². The van der Waals surface area contributed by atoms with Crippen molar-refractivity contribution in [2.24, 2.45) is 17.2 Å². The Bertz CT molecular complexity index is 1330. The third-order valence-electron chi connectivity index (χ3n) is 6.87. The number of carbonyl (C=O) groups is 4. The number of carboxylic acid groups (broad SMARTS) is 1. The molecule has 250 valence electrons. The van der Waals surface area contributed by atoms with Crippen LogP contribution in [0.3, 0.4) is 0 Å². The van der Waals surface area contributed by atoms with Crippen molar-refractivity contribution in [1.29, 1.82) is 10.8 Å². The number of nitrogens with one attached hydrogen (secondary N) is 7. The van der Waals surface area contributed by atoms with Gasteiger partial charge in [-0.3, -0.25) is 25.2 Å². The van der Waals surface area contributed by atoms with E-state index in [0.29, 0.717) is 24.1 Å². The van der Waals surface area contributed by atoms with Crippen molar-refractivity contribution >= 4 is 35.6 Å². The second-order valence-corrected chi connectivity index (χ2v) is 10.7. The molecule has 0 spiro atoms. The van der Waals surface area contributed by atoms with E-state index in [1.165, 1.54) is 12.1 Å². The van der Waals surface area contributed by atoms with Crippen molar-refractivity contribution in [2.75, 3.05) is 13.1 Å². The summed E-state index contributed by atoms with van der Waals surface area (Å²) in [5, 5.41) is 47.1. The van der Waals surface area contributed by atoms with Crippen molar-refractivity contribution in [2.45, 2.75) is 62.7 Å². The first-order valence-electron chi connectivity index (χ1n) is 14.7. The number of nitrogens with two attached hydrogens (primary N) is 3. The topological polar surface area (TPSA) is 295 Å². The number of phenols is 1. The maximum Gasteiger partial charge on any atom is 0.326 e. The minimum Gasteiger partial charge on any atom is -0.508 e. The van der Waals surface area contributed by atoms with Crippen LogP contribution in [0, 0.1) is 10.8 Å². The SMILES string of the molecule is N=C(N)NCCC[C@H](N)C(=O)N[C@@H](Cc1ccc(O)cc1)C(=O)N[C@H](CCCNC(=N)N)C(=O)N[C@@H](Cc1ccccc1)C(=O)O. The number of aliphatic carboxylic acids is 1. The number of carbonyl (C=O) groups excluding carboxylic acids is 3. The van der Waals surface area contributed by atoms with Crippen molar-refractivity contribution in [1.82, 2.24) is 26.6 Å². The number of carboxylic acids is 1. The van der Waals surface area contributed by atoms with E-state index in [4.69, 9.17) is 28.0 Å². The number of hydrogen-bond donors (Lipinski definition) is 12. The van der Waals surface area contributed by atoms with Crippen LogP contribution in [0.4, 0.5) is 0 Å². The van der Waals surface area contributed by atoms with Crippen LogP contribution >= 0.6 is 0 Å². The fourth-order valence-electron chi connectivity index (χ4n) is 4.42. The maximum absolute atomic E-state index is 13.6. The number of benzene rings is 2. The predicted molar refractivity (Wildman–Crippen MR) is 172 cm³/mol. The van der Waals surface area contributed by atoms with Gasteiger partial charge in [0.2, 0.25) is 17.7 Å². The van der Waals surface area contributed by atoms with Gasteiger partial charge < -0.3 is 54.0 Å². The van der Waals surface area contributed by atoms with Gasteiger partial charge in [0.15, 0.2) is 11.9 Å². The molecule has 0 aliphatic heterocycles. The highest BCUT2D eigenvalue weighted by Gasteiger charge is 2.30. The second-order valence-electron chi connectivity index (χ2n) is 10.7. The van der Waals surface area contributed by atoms with Gasteiger partial charge in [-0.2, -0.15) is 0 Å². The van der Waals surface area contributed by atoms with E-state index in [1.54, 1.807) is 42.5 Å². The Morgan fingerprint density at radius 3 is 1.72 bits per heavy atom. The molecule has 0 aromatic heterocycles. The molecule has 0 radical (unpaired) electrons. The van der Waals surface area contributed by atoms with Gasteiger partial charge in [0, 0.05) is 25.9 Å². The molecule has 15 N–H and O–H groups in total.